The Kier molecular flexibility index (Phi) is 6.39. The van der Waals surface area contributed by atoms with Crippen molar-refractivity contribution in [2.75, 3.05) is 5.32 Å². The molecule has 0 aliphatic carbocycles. The molecule has 1 amide bonds. The number of benzene rings is 3. The Morgan fingerprint density at radius 2 is 1.77 bits per heavy atom. The molecule has 0 bridgehead atoms. The topological polar surface area (TPSA) is 105 Å². The van der Waals surface area contributed by atoms with Crippen molar-refractivity contribution in [3.8, 4) is 16.9 Å². The Morgan fingerprint density at radius 3 is 2.50 bits per heavy atom. The van der Waals surface area contributed by atoms with E-state index in [2.05, 4.69) is 36.7 Å². The van der Waals surface area contributed by atoms with Gasteiger partial charge in [0.15, 0.2) is 0 Å². The summed E-state index contributed by atoms with van der Waals surface area (Å²) in [6.07, 6.45) is 5.25. The van der Waals surface area contributed by atoms with E-state index in [4.69, 9.17) is 0 Å². The molecule has 0 saturated carbocycles. The second-order valence-corrected chi connectivity index (χ2v) is 10.1. The van der Waals surface area contributed by atoms with Gasteiger partial charge >= 0.3 is 5.69 Å². The van der Waals surface area contributed by atoms with E-state index in [1.165, 1.54) is 27.3 Å². The average molecular weight is 601 g/mol. The van der Waals surface area contributed by atoms with Crippen LogP contribution in [0.15, 0.2) is 88.5 Å². The van der Waals surface area contributed by atoms with Crippen molar-refractivity contribution in [2.24, 2.45) is 14.1 Å². The fraction of sp³-hybridized carbons (Fsp3) is 0.107. The maximum Gasteiger partial charge on any atom is 0.328 e. The van der Waals surface area contributed by atoms with Crippen molar-refractivity contribution in [1.82, 2.24) is 33.9 Å². The fourth-order valence-electron chi connectivity index (χ4n) is 4.55. The second-order valence-electron chi connectivity index (χ2n) is 9.29. The number of fused-ring (bicyclic) bond motifs is 1. The quantitative estimate of drug-likeness (QED) is 0.302. The molecule has 1 N–H and O–H groups in total. The van der Waals surface area contributed by atoms with Gasteiger partial charge in [-0.3, -0.25) is 13.9 Å². The summed E-state index contributed by atoms with van der Waals surface area (Å²) >= 11 is 3.44. The molecule has 0 aliphatic heterocycles. The van der Waals surface area contributed by atoms with Crippen LogP contribution in [0.4, 0.5) is 10.1 Å². The maximum absolute atomic E-state index is 14.8. The lowest BCUT2D eigenvalue weighted by Crippen LogP contribution is -2.19. The van der Waals surface area contributed by atoms with E-state index in [-0.39, 0.29) is 11.3 Å². The van der Waals surface area contributed by atoms with Crippen molar-refractivity contribution >= 4 is 38.6 Å². The second kappa shape index (κ2) is 10.0. The highest BCUT2D eigenvalue weighted by Gasteiger charge is 2.18. The number of aromatic nitrogens is 7. The number of carbonyl (C=O) groups excluding carboxylic acids is 1. The third kappa shape index (κ3) is 4.62. The number of hydrogen-bond acceptors (Lipinski definition) is 5. The van der Waals surface area contributed by atoms with Gasteiger partial charge in [0.25, 0.3) is 5.91 Å². The molecule has 3 aromatic carbocycles. The van der Waals surface area contributed by atoms with Gasteiger partial charge in [0.2, 0.25) is 0 Å². The third-order valence-electron chi connectivity index (χ3n) is 6.69. The summed E-state index contributed by atoms with van der Waals surface area (Å²) in [5.41, 5.74) is 4.32. The largest absolute Gasteiger partial charge is 0.328 e. The van der Waals surface area contributed by atoms with Gasteiger partial charge in [-0.25, -0.2) is 18.5 Å². The third-order valence-corrected chi connectivity index (χ3v) is 7.35. The smallest absolute Gasteiger partial charge is 0.322 e. The van der Waals surface area contributed by atoms with Crippen LogP contribution in [0.1, 0.15) is 15.9 Å². The number of rotatable bonds is 6. The summed E-state index contributed by atoms with van der Waals surface area (Å²) in [6.45, 7) is 0.447. The lowest BCUT2D eigenvalue weighted by molar-refractivity contribution is 0.102. The van der Waals surface area contributed by atoms with Crippen molar-refractivity contribution < 1.29 is 9.18 Å². The van der Waals surface area contributed by atoms with Gasteiger partial charge in [-0.2, -0.15) is 5.10 Å². The predicted molar refractivity (Wildman–Crippen MR) is 152 cm³/mol. The molecular formula is C28H22BrFN8O2. The summed E-state index contributed by atoms with van der Waals surface area (Å²) < 4.78 is 21.7. The van der Waals surface area contributed by atoms with Gasteiger partial charge in [-0.15, -0.1) is 5.10 Å². The van der Waals surface area contributed by atoms with Crippen LogP contribution in [0, 0.1) is 5.82 Å². The standard InChI is InChI=1S/C28H22BrFN8O2/c1-35-25-13-20(22(29)14-26(25)36(2)28(35)40)27(39)32-18-6-9-23(30)21(12-18)24-16-37(34-33-24)15-17-4-7-19(8-5-17)38-11-3-10-31-38/h3-14,16H,15H2,1-2H3,(H,32,39). The van der Waals surface area contributed by atoms with E-state index in [0.717, 1.165) is 11.3 Å². The molecule has 0 unspecified atom stereocenters. The highest BCUT2D eigenvalue weighted by Crippen LogP contribution is 2.27. The van der Waals surface area contributed by atoms with E-state index in [1.54, 1.807) is 48.0 Å². The highest BCUT2D eigenvalue weighted by molar-refractivity contribution is 9.10. The van der Waals surface area contributed by atoms with E-state index in [1.807, 2.05) is 36.5 Å². The van der Waals surface area contributed by atoms with Crippen LogP contribution in [0.3, 0.4) is 0 Å². The van der Waals surface area contributed by atoms with Crippen LogP contribution in [0.2, 0.25) is 0 Å². The first-order valence-corrected chi connectivity index (χ1v) is 13.0. The average Bonchev–Trinajstić information content (AvgIpc) is 3.69. The number of aryl methyl sites for hydroxylation is 2. The number of halogens is 2. The van der Waals surface area contributed by atoms with Crippen LogP contribution in [0.25, 0.3) is 28.0 Å². The first-order chi connectivity index (χ1) is 19.3. The molecule has 3 aromatic heterocycles. The van der Waals surface area contributed by atoms with Crippen LogP contribution in [-0.2, 0) is 20.6 Å². The number of nitrogens with one attached hydrogen (secondary N) is 1. The molecule has 10 nitrogen and oxygen atoms in total. The molecule has 12 heteroatoms. The lowest BCUT2D eigenvalue weighted by atomic mass is 10.1. The Morgan fingerprint density at radius 1 is 1.02 bits per heavy atom. The highest BCUT2D eigenvalue weighted by atomic mass is 79.9. The van der Waals surface area contributed by atoms with Crippen molar-refractivity contribution in [1.29, 1.82) is 0 Å². The first-order valence-electron chi connectivity index (χ1n) is 12.2. The number of anilines is 1. The SMILES string of the molecule is Cn1c(=O)n(C)c2cc(C(=O)Nc3ccc(F)c(-c4cn(Cc5ccc(-n6cccn6)cc5)nn4)c3)c(Br)cc21. The summed E-state index contributed by atoms with van der Waals surface area (Å²) in [5.74, 6) is -0.902. The monoisotopic (exact) mass is 600 g/mol. The number of amides is 1. The zero-order valence-electron chi connectivity index (χ0n) is 21.4. The fourth-order valence-corrected chi connectivity index (χ4v) is 5.06. The van der Waals surface area contributed by atoms with Crippen LogP contribution in [-0.4, -0.2) is 39.8 Å². The van der Waals surface area contributed by atoms with Crippen molar-refractivity contribution in [2.45, 2.75) is 6.54 Å². The molecule has 0 aliphatic rings. The molecule has 0 saturated heterocycles. The van der Waals surface area contributed by atoms with Gasteiger partial charge in [-0.05, 0) is 70.0 Å². The molecule has 6 rings (SSSR count). The van der Waals surface area contributed by atoms with E-state index in [0.29, 0.717) is 39.0 Å². The molecular weight excluding hydrogens is 579 g/mol. The molecule has 200 valence electrons. The van der Waals surface area contributed by atoms with Gasteiger partial charge in [0.05, 0.1) is 35.0 Å². The van der Waals surface area contributed by atoms with E-state index < -0.39 is 11.7 Å². The molecule has 0 fully saturated rings. The maximum atomic E-state index is 14.8. The Labute approximate surface area is 235 Å². The summed E-state index contributed by atoms with van der Waals surface area (Å²) in [4.78, 5) is 25.5. The van der Waals surface area contributed by atoms with Crippen LogP contribution >= 0.6 is 15.9 Å². The number of imidazole rings is 1. The number of nitrogens with zero attached hydrogens (tertiary/aromatic N) is 7. The van der Waals surface area contributed by atoms with Gasteiger partial charge < -0.3 is 5.32 Å². The van der Waals surface area contributed by atoms with E-state index in [9.17, 15) is 14.0 Å². The Bertz CT molecular complexity index is 1940. The van der Waals surface area contributed by atoms with Crippen molar-refractivity contribution in [3.05, 3.63) is 111 Å². The number of hydrogen-bond donors (Lipinski definition) is 1. The summed E-state index contributed by atoms with van der Waals surface area (Å²) in [6, 6.07) is 17.4. The molecule has 40 heavy (non-hydrogen) atoms. The van der Waals surface area contributed by atoms with Gasteiger partial charge in [-0.1, -0.05) is 17.3 Å². The van der Waals surface area contributed by atoms with Crippen LogP contribution in [0.5, 0.6) is 0 Å². The summed E-state index contributed by atoms with van der Waals surface area (Å²) in [7, 11) is 3.32. The van der Waals surface area contributed by atoms with E-state index >= 15 is 0 Å². The zero-order chi connectivity index (χ0) is 28.0. The predicted octanol–water partition coefficient (Wildman–Crippen LogP) is 4.52. The minimum atomic E-state index is -0.490. The van der Waals surface area contributed by atoms with Crippen LogP contribution < -0.4 is 11.0 Å². The van der Waals surface area contributed by atoms with Crippen molar-refractivity contribution in [3.63, 3.8) is 0 Å². The van der Waals surface area contributed by atoms with Gasteiger partial charge in [0, 0.05) is 42.2 Å². The minimum absolute atomic E-state index is 0.193. The number of carbonyl (C=O) groups is 1. The van der Waals surface area contributed by atoms with Gasteiger partial charge in [0.1, 0.15) is 11.5 Å². The molecule has 0 spiro atoms. The first kappa shape index (κ1) is 25.4. The minimum Gasteiger partial charge on any atom is -0.322 e. The Balaban J connectivity index is 1.21. The Hall–Kier alpha value is -4.84. The lowest BCUT2D eigenvalue weighted by Gasteiger charge is -2.09. The molecule has 3 heterocycles. The molecule has 0 atom stereocenters. The molecule has 6 aromatic rings. The normalized spacial score (nSPS) is 11.3. The summed E-state index contributed by atoms with van der Waals surface area (Å²) in [5, 5.41) is 15.3. The zero-order valence-corrected chi connectivity index (χ0v) is 23.0. The molecule has 0 radical (unpaired) electrons.